The van der Waals surface area contributed by atoms with E-state index in [4.69, 9.17) is 16.0 Å². The van der Waals surface area contributed by atoms with Crippen molar-refractivity contribution in [3.63, 3.8) is 0 Å². The normalized spacial score (nSPS) is 12.8. The highest BCUT2D eigenvalue weighted by Crippen LogP contribution is 2.01. The fraction of sp³-hybridized carbons (Fsp3) is 0.700. The standard InChI is InChI=1S/C10H16N2O3/c1-5-8(14-6-2)12-9(11-4)10(13)15-7-3/h9H,5-7H2,1-3H3. The van der Waals surface area contributed by atoms with Crippen molar-refractivity contribution in [2.24, 2.45) is 4.99 Å². The third-order valence-electron chi connectivity index (χ3n) is 1.50. The summed E-state index contributed by atoms with van der Waals surface area (Å²) in [4.78, 5) is 18.2. The predicted octanol–water partition coefficient (Wildman–Crippen LogP) is 1.64. The maximum Gasteiger partial charge on any atom is 0.415 e. The van der Waals surface area contributed by atoms with Gasteiger partial charge in [0.1, 0.15) is 0 Å². The number of nitrogens with zero attached hydrogens (tertiary/aromatic N) is 2. The zero-order valence-corrected chi connectivity index (χ0v) is 9.32. The number of ether oxygens (including phenoxy) is 2. The Kier molecular flexibility index (Phi) is 6.98. The van der Waals surface area contributed by atoms with Crippen LogP contribution in [0, 0.1) is 6.57 Å². The van der Waals surface area contributed by atoms with E-state index in [1.807, 2.05) is 13.8 Å². The number of aliphatic imine (C=N–C) groups is 1. The van der Waals surface area contributed by atoms with Crippen LogP contribution < -0.4 is 0 Å². The van der Waals surface area contributed by atoms with E-state index in [1.54, 1.807) is 6.92 Å². The van der Waals surface area contributed by atoms with Crippen LogP contribution in [-0.4, -0.2) is 31.2 Å². The monoisotopic (exact) mass is 212 g/mol. The molecule has 15 heavy (non-hydrogen) atoms. The van der Waals surface area contributed by atoms with Gasteiger partial charge in [0.2, 0.25) is 0 Å². The zero-order valence-electron chi connectivity index (χ0n) is 9.32. The maximum atomic E-state index is 11.2. The second-order valence-electron chi connectivity index (χ2n) is 2.56. The molecule has 0 aromatic carbocycles. The lowest BCUT2D eigenvalue weighted by Crippen LogP contribution is -2.20. The number of carbonyl (C=O) groups is 1. The predicted molar refractivity (Wildman–Crippen MR) is 56.4 cm³/mol. The molecule has 1 unspecified atom stereocenters. The Hall–Kier alpha value is -1.57. The van der Waals surface area contributed by atoms with E-state index < -0.39 is 12.1 Å². The first-order chi connectivity index (χ1) is 7.19. The Morgan fingerprint density at radius 1 is 1.33 bits per heavy atom. The van der Waals surface area contributed by atoms with Gasteiger partial charge in [0.15, 0.2) is 5.90 Å². The Morgan fingerprint density at radius 2 is 1.93 bits per heavy atom. The van der Waals surface area contributed by atoms with Crippen LogP contribution in [0.15, 0.2) is 4.99 Å². The highest BCUT2D eigenvalue weighted by molar-refractivity contribution is 5.83. The minimum absolute atomic E-state index is 0.246. The molecule has 0 spiro atoms. The topological polar surface area (TPSA) is 52.2 Å². The molecule has 0 heterocycles. The van der Waals surface area contributed by atoms with Crippen molar-refractivity contribution in [3.05, 3.63) is 11.4 Å². The van der Waals surface area contributed by atoms with Crippen LogP contribution in [0.4, 0.5) is 0 Å². The fourth-order valence-electron chi connectivity index (χ4n) is 0.885. The molecule has 84 valence electrons. The van der Waals surface area contributed by atoms with Gasteiger partial charge in [0.05, 0.1) is 13.2 Å². The summed E-state index contributed by atoms with van der Waals surface area (Å²) < 4.78 is 9.85. The van der Waals surface area contributed by atoms with E-state index in [9.17, 15) is 4.79 Å². The smallest absolute Gasteiger partial charge is 0.415 e. The van der Waals surface area contributed by atoms with E-state index in [2.05, 4.69) is 9.84 Å². The number of esters is 1. The summed E-state index contributed by atoms with van der Waals surface area (Å²) >= 11 is 0. The molecule has 0 saturated heterocycles. The first-order valence-corrected chi connectivity index (χ1v) is 4.92. The van der Waals surface area contributed by atoms with E-state index >= 15 is 0 Å². The van der Waals surface area contributed by atoms with E-state index in [-0.39, 0.29) is 6.61 Å². The number of carbonyl (C=O) groups excluding carboxylic acids is 1. The van der Waals surface area contributed by atoms with Crippen molar-refractivity contribution in [3.8, 4) is 0 Å². The van der Waals surface area contributed by atoms with Crippen LogP contribution >= 0.6 is 0 Å². The molecular weight excluding hydrogens is 196 g/mol. The third-order valence-corrected chi connectivity index (χ3v) is 1.50. The molecule has 0 aromatic rings. The molecule has 0 fully saturated rings. The lowest BCUT2D eigenvalue weighted by atomic mass is 10.4. The second kappa shape index (κ2) is 7.80. The van der Waals surface area contributed by atoms with E-state index in [1.165, 1.54) is 0 Å². The minimum Gasteiger partial charge on any atom is -0.481 e. The van der Waals surface area contributed by atoms with Gasteiger partial charge in [-0.1, -0.05) is 6.92 Å². The van der Waals surface area contributed by atoms with Crippen LogP contribution in [0.5, 0.6) is 0 Å². The average Bonchev–Trinajstić information content (AvgIpc) is 2.24. The highest BCUT2D eigenvalue weighted by Gasteiger charge is 2.24. The lowest BCUT2D eigenvalue weighted by Gasteiger charge is -2.05. The number of rotatable bonds is 5. The molecule has 0 amide bonds. The van der Waals surface area contributed by atoms with Crippen molar-refractivity contribution in [2.75, 3.05) is 13.2 Å². The molecule has 5 heteroatoms. The van der Waals surface area contributed by atoms with Gasteiger partial charge in [0.25, 0.3) is 0 Å². The van der Waals surface area contributed by atoms with Crippen molar-refractivity contribution < 1.29 is 14.3 Å². The molecule has 0 aromatic heterocycles. The van der Waals surface area contributed by atoms with Gasteiger partial charge in [-0.25, -0.2) is 11.4 Å². The molecule has 0 rings (SSSR count). The second-order valence-corrected chi connectivity index (χ2v) is 2.56. The van der Waals surface area contributed by atoms with Gasteiger partial charge < -0.3 is 9.47 Å². The molecular formula is C10H16N2O3. The first kappa shape index (κ1) is 13.4. The number of hydrogen-bond donors (Lipinski definition) is 0. The van der Waals surface area contributed by atoms with Crippen molar-refractivity contribution in [1.82, 2.24) is 0 Å². The van der Waals surface area contributed by atoms with Crippen LogP contribution in [0.2, 0.25) is 0 Å². The Balaban J connectivity index is 4.54. The summed E-state index contributed by atoms with van der Waals surface area (Å²) in [6.07, 6.45) is -0.578. The average molecular weight is 212 g/mol. The van der Waals surface area contributed by atoms with Crippen LogP contribution in [-0.2, 0) is 14.3 Å². The number of hydrogen-bond acceptors (Lipinski definition) is 4. The molecule has 0 aliphatic rings. The lowest BCUT2D eigenvalue weighted by molar-refractivity contribution is -0.143. The van der Waals surface area contributed by atoms with Crippen LogP contribution in [0.25, 0.3) is 4.85 Å². The largest absolute Gasteiger partial charge is 0.481 e. The summed E-state index contributed by atoms with van der Waals surface area (Å²) in [5.74, 6) is -0.218. The van der Waals surface area contributed by atoms with Crippen molar-refractivity contribution >= 4 is 11.9 Å². The van der Waals surface area contributed by atoms with Gasteiger partial charge in [0, 0.05) is 6.42 Å². The fourth-order valence-corrected chi connectivity index (χ4v) is 0.885. The molecule has 1 atom stereocenters. The van der Waals surface area contributed by atoms with Gasteiger partial charge in [-0.3, -0.25) is 4.85 Å². The molecule has 0 aliphatic heterocycles. The van der Waals surface area contributed by atoms with Gasteiger partial charge >= 0.3 is 12.1 Å². The molecule has 5 nitrogen and oxygen atoms in total. The van der Waals surface area contributed by atoms with E-state index in [0.29, 0.717) is 18.9 Å². The van der Waals surface area contributed by atoms with Crippen molar-refractivity contribution in [2.45, 2.75) is 33.4 Å². The molecule has 0 radical (unpaired) electrons. The third kappa shape index (κ3) is 5.01. The first-order valence-electron chi connectivity index (χ1n) is 4.92. The molecule has 0 aliphatic carbocycles. The maximum absolute atomic E-state index is 11.2. The Morgan fingerprint density at radius 3 is 2.33 bits per heavy atom. The summed E-state index contributed by atoms with van der Waals surface area (Å²) in [6.45, 7) is 12.9. The molecule has 0 N–H and O–H groups in total. The van der Waals surface area contributed by atoms with Crippen molar-refractivity contribution in [1.29, 1.82) is 0 Å². The summed E-state index contributed by atoms with van der Waals surface area (Å²) in [6, 6.07) is 0. The Bertz CT molecular complexity index is 268. The van der Waals surface area contributed by atoms with Gasteiger partial charge in [-0.05, 0) is 13.8 Å². The molecule has 0 bridgehead atoms. The molecule has 0 saturated carbocycles. The zero-order chi connectivity index (χ0) is 11.7. The van der Waals surface area contributed by atoms with Crippen LogP contribution in [0.3, 0.4) is 0 Å². The Labute approximate surface area is 89.9 Å². The highest BCUT2D eigenvalue weighted by atomic mass is 16.5. The quantitative estimate of drug-likeness (QED) is 0.301. The minimum atomic E-state index is -1.13. The van der Waals surface area contributed by atoms with Gasteiger partial charge in [-0.2, -0.15) is 4.99 Å². The summed E-state index contributed by atoms with van der Waals surface area (Å²) in [5, 5.41) is 0. The van der Waals surface area contributed by atoms with E-state index in [0.717, 1.165) is 0 Å². The summed E-state index contributed by atoms with van der Waals surface area (Å²) in [5.41, 5.74) is 0. The van der Waals surface area contributed by atoms with Gasteiger partial charge in [-0.15, -0.1) is 0 Å². The summed E-state index contributed by atoms with van der Waals surface area (Å²) in [7, 11) is 0. The van der Waals surface area contributed by atoms with Crippen LogP contribution in [0.1, 0.15) is 27.2 Å². The SMILES string of the molecule is [C-]#[N+]C(N=C(CC)OCC)C(=O)OCC.